The summed E-state index contributed by atoms with van der Waals surface area (Å²) in [7, 11) is 0. The second-order valence-corrected chi connectivity index (χ2v) is 3.22. The summed E-state index contributed by atoms with van der Waals surface area (Å²) in [5.74, 6) is 0. The van der Waals surface area contributed by atoms with Crippen molar-refractivity contribution in [1.82, 2.24) is 0 Å². The van der Waals surface area contributed by atoms with E-state index in [-0.39, 0.29) is 0 Å². The zero-order chi connectivity index (χ0) is 8.55. The third kappa shape index (κ3) is 1.19. The van der Waals surface area contributed by atoms with Crippen molar-refractivity contribution < 1.29 is 0 Å². The zero-order valence-electron chi connectivity index (χ0n) is 6.55. The van der Waals surface area contributed by atoms with Crippen LogP contribution < -0.4 is 0 Å². The van der Waals surface area contributed by atoms with Gasteiger partial charge in [0.2, 0.25) is 0 Å². The largest absolute Gasteiger partial charge is 0.0843 e. The SMILES string of the molecule is [CH2]c1cccc2cc(Cl)ccc12. The highest BCUT2D eigenvalue weighted by atomic mass is 35.5. The van der Waals surface area contributed by atoms with Gasteiger partial charge in [-0.05, 0) is 35.4 Å². The van der Waals surface area contributed by atoms with Crippen LogP contribution in [0.3, 0.4) is 0 Å². The molecule has 0 spiro atoms. The maximum Gasteiger partial charge on any atom is 0.0412 e. The van der Waals surface area contributed by atoms with Crippen molar-refractivity contribution in [3.8, 4) is 0 Å². The van der Waals surface area contributed by atoms with E-state index in [9.17, 15) is 0 Å². The van der Waals surface area contributed by atoms with Crippen molar-refractivity contribution >= 4 is 22.4 Å². The quantitative estimate of drug-likeness (QED) is 0.573. The molecule has 0 aliphatic rings. The van der Waals surface area contributed by atoms with E-state index in [0.717, 1.165) is 16.0 Å². The molecule has 0 fully saturated rings. The van der Waals surface area contributed by atoms with E-state index >= 15 is 0 Å². The van der Waals surface area contributed by atoms with Gasteiger partial charge in [0.1, 0.15) is 0 Å². The van der Waals surface area contributed by atoms with E-state index in [1.807, 2.05) is 36.4 Å². The topological polar surface area (TPSA) is 0 Å². The van der Waals surface area contributed by atoms with Gasteiger partial charge < -0.3 is 0 Å². The fraction of sp³-hybridized carbons (Fsp3) is 0. The summed E-state index contributed by atoms with van der Waals surface area (Å²) in [6.45, 7) is 3.94. The smallest absolute Gasteiger partial charge is 0.0412 e. The third-order valence-electron chi connectivity index (χ3n) is 1.93. The molecule has 59 valence electrons. The van der Waals surface area contributed by atoms with Gasteiger partial charge in [0.05, 0.1) is 0 Å². The van der Waals surface area contributed by atoms with Gasteiger partial charge in [0.25, 0.3) is 0 Å². The number of hydrogen-bond donors (Lipinski definition) is 0. The van der Waals surface area contributed by atoms with Crippen LogP contribution in [0.4, 0.5) is 0 Å². The van der Waals surface area contributed by atoms with Crippen LogP contribution in [-0.2, 0) is 0 Å². The molecule has 12 heavy (non-hydrogen) atoms. The first kappa shape index (κ1) is 7.63. The molecule has 2 aromatic rings. The summed E-state index contributed by atoms with van der Waals surface area (Å²) in [5.41, 5.74) is 1.05. The van der Waals surface area contributed by atoms with Crippen molar-refractivity contribution in [2.45, 2.75) is 0 Å². The Balaban J connectivity index is 2.86. The summed E-state index contributed by atoms with van der Waals surface area (Å²) in [4.78, 5) is 0. The summed E-state index contributed by atoms with van der Waals surface area (Å²) >= 11 is 5.85. The molecular weight excluding hydrogens is 168 g/mol. The van der Waals surface area contributed by atoms with E-state index in [0.29, 0.717) is 0 Å². The molecule has 1 radical (unpaired) electrons. The average molecular weight is 176 g/mol. The minimum absolute atomic E-state index is 0.771. The Morgan fingerprint density at radius 1 is 1.08 bits per heavy atom. The fourth-order valence-electron chi connectivity index (χ4n) is 1.32. The van der Waals surface area contributed by atoms with Crippen molar-refractivity contribution in [3.05, 3.63) is 53.9 Å². The molecule has 0 unspecified atom stereocenters. The highest BCUT2D eigenvalue weighted by Crippen LogP contribution is 2.21. The molecule has 0 aliphatic carbocycles. The van der Waals surface area contributed by atoms with Crippen LogP contribution in [0.15, 0.2) is 36.4 Å². The molecule has 2 rings (SSSR count). The fourth-order valence-corrected chi connectivity index (χ4v) is 1.50. The minimum atomic E-state index is 0.771. The molecule has 0 bridgehead atoms. The first-order chi connectivity index (χ1) is 5.77. The lowest BCUT2D eigenvalue weighted by atomic mass is 10.1. The summed E-state index contributed by atoms with van der Waals surface area (Å²) in [6, 6.07) is 11.9. The normalized spacial score (nSPS) is 10.5. The molecule has 0 aliphatic heterocycles. The summed E-state index contributed by atoms with van der Waals surface area (Å²) in [5, 5.41) is 3.09. The Hall–Kier alpha value is -1.01. The zero-order valence-corrected chi connectivity index (χ0v) is 7.31. The van der Waals surface area contributed by atoms with Gasteiger partial charge in [-0.1, -0.05) is 35.9 Å². The van der Waals surface area contributed by atoms with Crippen LogP contribution in [0.2, 0.25) is 5.02 Å². The van der Waals surface area contributed by atoms with Crippen molar-refractivity contribution in [1.29, 1.82) is 0 Å². The molecule has 0 atom stereocenters. The molecule has 0 saturated carbocycles. The van der Waals surface area contributed by atoms with Gasteiger partial charge >= 0.3 is 0 Å². The van der Waals surface area contributed by atoms with Crippen molar-refractivity contribution in [2.24, 2.45) is 0 Å². The predicted octanol–water partition coefficient (Wildman–Crippen LogP) is 3.68. The molecule has 2 aromatic carbocycles. The molecule has 1 heteroatoms. The van der Waals surface area contributed by atoms with Gasteiger partial charge in [-0.3, -0.25) is 0 Å². The standard InChI is InChI=1S/C11H8Cl/c1-8-3-2-4-9-7-10(12)5-6-11(8)9/h2-7H,1H2. The molecule has 0 aromatic heterocycles. The van der Waals surface area contributed by atoms with E-state index in [1.165, 1.54) is 5.39 Å². The van der Waals surface area contributed by atoms with Gasteiger partial charge in [0, 0.05) is 5.02 Å². The molecule has 0 nitrogen and oxygen atoms in total. The van der Waals surface area contributed by atoms with Crippen LogP contribution in [0.1, 0.15) is 5.56 Å². The maximum atomic E-state index is 5.85. The lowest BCUT2D eigenvalue weighted by molar-refractivity contribution is 1.67. The van der Waals surface area contributed by atoms with Crippen LogP contribution in [-0.4, -0.2) is 0 Å². The van der Waals surface area contributed by atoms with E-state index in [4.69, 9.17) is 11.6 Å². The first-order valence-electron chi connectivity index (χ1n) is 3.77. The number of benzene rings is 2. The predicted molar refractivity (Wildman–Crippen MR) is 53.4 cm³/mol. The Morgan fingerprint density at radius 2 is 1.92 bits per heavy atom. The first-order valence-corrected chi connectivity index (χ1v) is 4.15. The monoisotopic (exact) mass is 175 g/mol. The van der Waals surface area contributed by atoms with Gasteiger partial charge in [-0.15, -0.1) is 0 Å². The van der Waals surface area contributed by atoms with Crippen LogP contribution in [0.25, 0.3) is 10.8 Å². The van der Waals surface area contributed by atoms with E-state index in [2.05, 4.69) is 6.92 Å². The molecule has 0 amide bonds. The third-order valence-corrected chi connectivity index (χ3v) is 2.17. The second kappa shape index (κ2) is 2.80. The molecule has 0 saturated heterocycles. The van der Waals surface area contributed by atoms with Gasteiger partial charge in [-0.25, -0.2) is 0 Å². The number of fused-ring (bicyclic) bond motifs is 1. The number of halogens is 1. The Labute approximate surface area is 76.8 Å². The Kier molecular flexibility index (Phi) is 1.78. The lowest BCUT2D eigenvalue weighted by Crippen LogP contribution is -1.76. The highest BCUT2D eigenvalue weighted by molar-refractivity contribution is 6.31. The number of hydrogen-bond acceptors (Lipinski definition) is 0. The van der Waals surface area contributed by atoms with Crippen LogP contribution in [0, 0.1) is 6.92 Å². The van der Waals surface area contributed by atoms with Crippen molar-refractivity contribution in [3.63, 3.8) is 0 Å². The van der Waals surface area contributed by atoms with E-state index < -0.39 is 0 Å². The number of rotatable bonds is 0. The average Bonchev–Trinajstić information content (AvgIpc) is 2.04. The van der Waals surface area contributed by atoms with E-state index in [1.54, 1.807) is 0 Å². The van der Waals surface area contributed by atoms with Crippen molar-refractivity contribution in [2.75, 3.05) is 0 Å². The maximum absolute atomic E-state index is 5.85. The summed E-state index contributed by atoms with van der Waals surface area (Å²) in [6.07, 6.45) is 0. The van der Waals surface area contributed by atoms with Crippen LogP contribution in [0.5, 0.6) is 0 Å². The summed E-state index contributed by atoms with van der Waals surface area (Å²) < 4.78 is 0. The molecule has 0 heterocycles. The lowest BCUT2D eigenvalue weighted by Gasteiger charge is -2.00. The van der Waals surface area contributed by atoms with Gasteiger partial charge in [-0.2, -0.15) is 0 Å². The Bertz CT molecular complexity index is 418. The Morgan fingerprint density at radius 3 is 2.75 bits per heavy atom. The molecular formula is C11H8Cl. The molecule has 0 N–H and O–H groups in total. The van der Waals surface area contributed by atoms with Gasteiger partial charge in [0.15, 0.2) is 0 Å². The highest BCUT2D eigenvalue weighted by Gasteiger charge is 1.95. The van der Waals surface area contributed by atoms with Crippen LogP contribution >= 0.6 is 11.6 Å². The minimum Gasteiger partial charge on any atom is -0.0843 e. The second-order valence-electron chi connectivity index (χ2n) is 2.78.